The van der Waals surface area contributed by atoms with Crippen LogP contribution in [0.5, 0.6) is 0 Å². The third-order valence-corrected chi connectivity index (χ3v) is 6.13. The smallest absolute Gasteiger partial charge is 0.0474 e. The Morgan fingerprint density at radius 2 is 1.95 bits per heavy atom. The van der Waals surface area contributed by atoms with Crippen molar-refractivity contribution in [3.05, 3.63) is 35.9 Å². The molecule has 3 rings (SSSR count). The Balaban J connectivity index is 1.80. The van der Waals surface area contributed by atoms with Crippen molar-refractivity contribution in [3.63, 3.8) is 0 Å². The van der Waals surface area contributed by atoms with Gasteiger partial charge < -0.3 is 5.32 Å². The number of hydrogen-bond acceptors (Lipinski definition) is 3. The molecular weight excluding hydrogens is 264 g/mol. The summed E-state index contributed by atoms with van der Waals surface area (Å²) < 4.78 is 0.542. The van der Waals surface area contributed by atoms with E-state index in [4.69, 9.17) is 0 Å². The maximum Gasteiger partial charge on any atom is 0.0474 e. The number of nitrogens with one attached hydrogen (secondary N) is 1. The summed E-state index contributed by atoms with van der Waals surface area (Å²) in [6, 6.07) is 11.5. The van der Waals surface area contributed by atoms with Gasteiger partial charge in [-0.2, -0.15) is 11.8 Å². The molecule has 0 amide bonds. The molecule has 0 aromatic heterocycles. The summed E-state index contributed by atoms with van der Waals surface area (Å²) in [6.07, 6.45) is 5.05. The minimum absolute atomic E-state index is 0.222. The summed E-state index contributed by atoms with van der Waals surface area (Å²) in [6.45, 7) is 8.06. The molecule has 0 spiro atoms. The van der Waals surface area contributed by atoms with Crippen molar-refractivity contribution in [2.75, 3.05) is 25.9 Å². The molecule has 1 aliphatic carbocycles. The lowest BCUT2D eigenvalue weighted by atomic mass is 9.94. The van der Waals surface area contributed by atoms with Crippen molar-refractivity contribution >= 4 is 11.8 Å². The maximum atomic E-state index is 3.71. The van der Waals surface area contributed by atoms with Crippen LogP contribution >= 0.6 is 11.8 Å². The lowest BCUT2D eigenvalue weighted by Gasteiger charge is -2.46. The van der Waals surface area contributed by atoms with Gasteiger partial charge in [-0.3, -0.25) is 4.90 Å². The van der Waals surface area contributed by atoms with E-state index in [0.29, 0.717) is 10.8 Å². The Hall–Kier alpha value is -0.510. The third kappa shape index (κ3) is 3.05. The van der Waals surface area contributed by atoms with Crippen LogP contribution in [0.1, 0.15) is 38.3 Å². The van der Waals surface area contributed by atoms with Gasteiger partial charge in [0.2, 0.25) is 0 Å². The van der Waals surface area contributed by atoms with E-state index in [1.165, 1.54) is 24.9 Å². The van der Waals surface area contributed by atoms with Gasteiger partial charge in [0, 0.05) is 36.0 Å². The number of piperazine rings is 1. The highest BCUT2D eigenvalue weighted by Crippen LogP contribution is 2.49. The average molecular weight is 290 g/mol. The van der Waals surface area contributed by atoms with Crippen LogP contribution in [0.3, 0.4) is 0 Å². The molecule has 1 atom stereocenters. The summed E-state index contributed by atoms with van der Waals surface area (Å²) in [5.41, 5.74) is 1.67. The van der Waals surface area contributed by atoms with Gasteiger partial charge in [0.15, 0.2) is 0 Å². The fourth-order valence-corrected chi connectivity index (χ4v) is 4.09. The molecule has 1 saturated heterocycles. The molecule has 1 unspecified atom stereocenters. The molecule has 1 aliphatic heterocycles. The van der Waals surface area contributed by atoms with Crippen molar-refractivity contribution in [2.24, 2.45) is 0 Å². The highest BCUT2D eigenvalue weighted by Gasteiger charge is 2.46. The second kappa shape index (κ2) is 5.36. The molecule has 3 heteroatoms. The Morgan fingerprint density at radius 3 is 2.55 bits per heavy atom. The van der Waals surface area contributed by atoms with Crippen molar-refractivity contribution in [1.82, 2.24) is 10.2 Å². The van der Waals surface area contributed by atoms with E-state index in [9.17, 15) is 0 Å². The van der Waals surface area contributed by atoms with Crippen LogP contribution in [-0.4, -0.2) is 41.1 Å². The van der Waals surface area contributed by atoms with Gasteiger partial charge in [0.05, 0.1) is 0 Å². The molecule has 1 N–H and O–H groups in total. The van der Waals surface area contributed by atoms with Crippen molar-refractivity contribution < 1.29 is 0 Å². The van der Waals surface area contributed by atoms with Crippen LogP contribution in [0.15, 0.2) is 30.3 Å². The number of hydrogen-bond donors (Lipinski definition) is 1. The highest BCUT2D eigenvalue weighted by atomic mass is 32.2. The molecule has 2 aliphatic rings. The summed E-state index contributed by atoms with van der Waals surface area (Å²) in [7, 11) is 0. The monoisotopic (exact) mass is 290 g/mol. The maximum absolute atomic E-state index is 3.71. The summed E-state index contributed by atoms with van der Waals surface area (Å²) in [4.78, 5) is 2.72. The number of nitrogens with zero attached hydrogens (tertiary/aromatic N) is 1. The van der Waals surface area contributed by atoms with Crippen LogP contribution in [0.2, 0.25) is 0 Å². The van der Waals surface area contributed by atoms with Gasteiger partial charge in [0.1, 0.15) is 0 Å². The second-order valence-electron chi connectivity index (χ2n) is 6.98. The van der Waals surface area contributed by atoms with E-state index in [2.05, 4.69) is 72.4 Å². The van der Waals surface area contributed by atoms with Crippen LogP contribution in [0.25, 0.3) is 0 Å². The van der Waals surface area contributed by atoms with E-state index in [-0.39, 0.29) is 5.54 Å². The van der Waals surface area contributed by atoms with Gasteiger partial charge in [-0.05, 0) is 38.5 Å². The molecule has 0 bridgehead atoms. The first-order valence-corrected chi connectivity index (χ1v) is 8.85. The van der Waals surface area contributed by atoms with Gasteiger partial charge in [-0.15, -0.1) is 0 Å². The quantitative estimate of drug-likeness (QED) is 0.916. The lowest BCUT2D eigenvalue weighted by Crippen LogP contribution is -2.59. The molecular formula is C17H26N2S. The van der Waals surface area contributed by atoms with E-state index < -0.39 is 0 Å². The highest BCUT2D eigenvalue weighted by molar-refractivity contribution is 8.00. The fraction of sp³-hybridized carbons (Fsp3) is 0.647. The Labute approximate surface area is 127 Å². The van der Waals surface area contributed by atoms with E-state index in [1.807, 2.05) is 0 Å². The zero-order valence-corrected chi connectivity index (χ0v) is 13.7. The van der Waals surface area contributed by atoms with E-state index in [0.717, 1.165) is 13.1 Å². The number of thioether (sulfide) groups is 1. The first-order chi connectivity index (χ1) is 9.54. The topological polar surface area (TPSA) is 15.3 Å². The minimum atomic E-state index is 0.222. The molecule has 0 radical (unpaired) electrons. The van der Waals surface area contributed by atoms with Gasteiger partial charge in [0.25, 0.3) is 0 Å². The summed E-state index contributed by atoms with van der Waals surface area (Å²) in [5, 5.41) is 3.71. The van der Waals surface area contributed by atoms with Crippen molar-refractivity contribution in [3.8, 4) is 0 Å². The zero-order chi connectivity index (χ0) is 14.2. The fourth-order valence-electron chi connectivity index (χ4n) is 3.28. The number of benzene rings is 1. The van der Waals surface area contributed by atoms with Crippen molar-refractivity contribution in [2.45, 2.75) is 43.0 Å². The molecule has 20 heavy (non-hydrogen) atoms. The normalized spacial score (nSPS) is 28.2. The standard InChI is InChI=1S/C17H26N2S/c1-16(2)12-19(13-17(20-3)9-10-17)15(11-18-16)14-7-5-4-6-8-14/h4-8,15,18H,9-13H2,1-3H3. The Morgan fingerprint density at radius 1 is 1.25 bits per heavy atom. The van der Waals surface area contributed by atoms with Crippen molar-refractivity contribution in [1.29, 1.82) is 0 Å². The largest absolute Gasteiger partial charge is 0.309 e. The Bertz CT molecular complexity index is 453. The first-order valence-electron chi connectivity index (χ1n) is 7.63. The summed E-state index contributed by atoms with van der Waals surface area (Å²) in [5.74, 6) is 0. The predicted molar refractivity (Wildman–Crippen MR) is 88.3 cm³/mol. The molecule has 2 nitrogen and oxygen atoms in total. The Kier molecular flexibility index (Phi) is 3.87. The molecule has 110 valence electrons. The lowest BCUT2D eigenvalue weighted by molar-refractivity contribution is 0.0937. The first kappa shape index (κ1) is 14.4. The second-order valence-corrected chi connectivity index (χ2v) is 8.26. The predicted octanol–water partition coefficient (Wildman–Crippen LogP) is 3.31. The molecule has 1 saturated carbocycles. The van der Waals surface area contributed by atoms with Crippen LogP contribution in [0.4, 0.5) is 0 Å². The van der Waals surface area contributed by atoms with E-state index in [1.54, 1.807) is 0 Å². The molecule has 1 aromatic rings. The van der Waals surface area contributed by atoms with Crippen LogP contribution in [0, 0.1) is 0 Å². The van der Waals surface area contributed by atoms with Crippen LogP contribution < -0.4 is 5.32 Å². The SMILES string of the molecule is CSC1(CN2CC(C)(C)NCC2c2ccccc2)CC1. The van der Waals surface area contributed by atoms with Gasteiger partial charge in [-0.1, -0.05) is 30.3 Å². The molecule has 1 aromatic carbocycles. The average Bonchev–Trinajstić information content (AvgIpc) is 3.19. The zero-order valence-electron chi connectivity index (χ0n) is 12.9. The minimum Gasteiger partial charge on any atom is -0.309 e. The van der Waals surface area contributed by atoms with Crippen LogP contribution in [-0.2, 0) is 0 Å². The molecule has 1 heterocycles. The summed E-state index contributed by atoms with van der Waals surface area (Å²) >= 11 is 2.07. The number of rotatable bonds is 4. The molecule has 2 fully saturated rings. The van der Waals surface area contributed by atoms with E-state index >= 15 is 0 Å². The van der Waals surface area contributed by atoms with Gasteiger partial charge in [-0.25, -0.2) is 0 Å². The third-order valence-electron chi connectivity index (χ3n) is 4.73. The van der Waals surface area contributed by atoms with Gasteiger partial charge >= 0.3 is 0 Å².